The van der Waals surface area contributed by atoms with Gasteiger partial charge in [-0.1, -0.05) is 30.0 Å². The molecule has 128 valence electrons. The number of hydrazone groups is 1. The van der Waals surface area contributed by atoms with E-state index in [0.717, 1.165) is 29.3 Å². The van der Waals surface area contributed by atoms with Crippen LogP contribution >= 0.6 is 11.8 Å². The van der Waals surface area contributed by atoms with E-state index in [4.69, 9.17) is 0 Å². The number of thioether (sulfide) groups is 1. The number of para-hydroxylation sites is 1. The molecule has 0 saturated heterocycles. The molecule has 0 atom stereocenters. The third kappa shape index (κ3) is 4.00. The molecule has 9 heteroatoms. The molecule has 2 heterocycles. The van der Waals surface area contributed by atoms with E-state index in [1.165, 1.54) is 11.8 Å². The Hall–Kier alpha value is -2.81. The molecule has 4 rings (SSSR count). The van der Waals surface area contributed by atoms with Crippen molar-refractivity contribution >= 4 is 40.7 Å². The van der Waals surface area contributed by atoms with Gasteiger partial charge in [0.2, 0.25) is 17.0 Å². The number of nitrogens with one attached hydrogen (secondary N) is 4. The highest BCUT2D eigenvalue weighted by Gasteiger charge is 2.23. The second-order valence-electron chi connectivity index (χ2n) is 5.76. The van der Waals surface area contributed by atoms with Crippen LogP contribution in [-0.2, 0) is 4.79 Å². The van der Waals surface area contributed by atoms with Crippen LogP contribution in [0.2, 0.25) is 0 Å². The second-order valence-corrected chi connectivity index (χ2v) is 6.70. The Labute approximate surface area is 147 Å². The van der Waals surface area contributed by atoms with Gasteiger partial charge in [-0.15, -0.1) is 5.10 Å². The fourth-order valence-electron chi connectivity index (χ4n) is 2.35. The van der Waals surface area contributed by atoms with Crippen molar-refractivity contribution in [1.29, 1.82) is 0 Å². The maximum Gasteiger partial charge on any atom is 0.240 e. The Kier molecular flexibility index (Phi) is 4.38. The fourth-order valence-corrected chi connectivity index (χ4v) is 2.96. The first-order chi connectivity index (χ1) is 12.3. The lowest BCUT2D eigenvalue weighted by Gasteiger charge is -1.99. The van der Waals surface area contributed by atoms with Crippen LogP contribution in [0.5, 0.6) is 0 Å². The number of amides is 1. The molecule has 3 aromatic rings. The number of aromatic amines is 2. The first-order valence-corrected chi connectivity index (χ1v) is 8.96. The molecule has 4 N–H and O–H groups in total. The molecule has 8 nitrogen and oxygen atoms in total. The van der Waals surface area contributed by atoms with Crippen LogP contribution < -0.4 is 10.7 Å². The lowest BCUT2D eigenvalue weighted by Crippen LogP contribution is -2.27. The predicted octanol–water partition coefficient (Wildman–Crippen LogP) is 2.10. The summed E-state index contributed by atoms with van der Waals surface area (Å²) >= 11 is 1.29. The smallest absolute Gasteiger partial charge is 0.240 e. The summed E-state index contributed by atoms with van der Waals surface area (Å²) in [6.45, 7) is 0. The number of hydrogen-bond acceptors (Lipinski definition) is 6. The van der Waals surface area contributed by atoms with Gasteiger partial charge < -0.3 is 10.3 Å². The molecular formula is C16H17N7OS. The van der Waals surface area contributed by atoms with E-state index >= 15 is 0 Å². The second kappa shape index (κ2) is 6.98. The Bertz CT molecular complexity index is 912. The average molecular weight is 355 g/mol. The Morgan fingerprint density at radius 3 is 3.16 bits per heavy atom. The first kappa shape index (κ1) is 15.7. The molecule has 1 saturated carbocycles. The predicted molar refractivity (Wildman–Crippen MR) is 97.8 cm³/mol. The van der Waals surface area contributed by atoms with E-state index in [-0.39, 0.29) is 5.91 Å². The van der Waals surface area contributed by atoms with Gasteiger partial charge in [0.05, 0.1) is 12.0 Å². The summed E-state index contributed by atoms with van der Waals surface area (Å²) in [5.41, 5.74) is 4.85. The van der Waals surface area contributed by atoms with Crippen molar-refractivity contribution in [3.63, 3.8) is 0 Å². The molecule has 1 aliphatic rings. The van der Waals surface area contributed by atoms with Gasteiger partial charge in [0.25, 0.3) is 0 Å². The topological polar surface area (TPSA) is 111 Å². The van der Waals surface area contributed by atoms with Gasteiger partial charge in [-0.3, -0.25) is 4.79 Å². The normalized spacial score (nSPS) is 14.2. The molecule has 1 aliphatic carbocycles. The summed E-state index contributed by atoms with van der Waals surface area (Å²) in [5.74, 6) is 0.761. The minimum atomic E-state index is 0.0177. The highest BCUT2D eigenvalue weighted by Crippen LogP contribution is 2.20. The van der Waals surface area contributed by atoms with E-state index in [2.05, 4.69) is 36.0 Å². The molecule has 0 bridgehead atoms. The van der Waals surface area contributed by atoms with Crippen molar-refractivity contribution in [2.45, 2.75) is 24.0 Å². The van der Waals surface area contributed by atoms with Crippen molar-refractivity contribution in [1.82, 2.24) is 25.5 Å². The fraction of sp³-hybridized carbons (Fsp3) is 0.250. The molecule has 1 aromatic carbocycles. The maximum absolute atomic E-state index is 11.6. The molecule has 2 aromatic heterocycles. The number of carbonyl (C=O) groups excluding carboxylic acids is 1. The SMILES string of the molecule is O=C(CSc1n[nH]c(N/N=C/c2c[nH]c3ccccc23)n1)NC1CC1. The Balaban J connectivity index is 1.31. The quantitative estimate of drug-likeness (QED) is 0.295. The number of rotatable bonds is 7. The number of anilines is 1. The van der Waals surface area contributed by atoms with Crippen LogP contribution in [0.4, 0.5) is 5.95 Å². The highest BCUT2D eigenvalue weighted by atomic mass is 32.2. The Morgan fingerprint density at radius 1 is 1.40 bits per heavy atom. The first-order valence-electron chi connectivity index (χ1n) is 7.98. The van der Waals surface area contributed by atoms with Crippen LogP contribution in [0.15, 0.2) is 40.7 Å². The monoisotopic (exact) mass is 355 g/mol. The number of carbonyl (C=O) groups is 1. The number of nitrogens with zero attached hydrogens (tertiary/aromatic N) is 3. The summed E-state index contributed by atoms with van der Waals surface area (Å²) < 4.78 is 0. The zero-order valence-corrected chi connectivity index (χ0v) is 14.1. The van der Waals surface area contributed by atoms with Crippen molar-refractivity contribution in [3.8, 4) is 0 Å². The number of hydrogen-bond donors (Lipinski definition) is 4. The lowest BCUT2D eigenvalue weighted by molar-refractivity contribution is -0.118. The number of aromatic nitrogens is 4. The van der Waals surface area contributed by atoms with E-state index < -0.39 is 0 Å². The number of H-pyrrole nitrogens is 2. The summed E-state index contributed by atoms with van der Waals surface area (Å²) in [4.78, 5) is 19.1. The molecule has 0 unspecified atom stereocenters. The summed E-state index contributed by atoms with van der Waals surface area (Å²) in [6, 6.07) is 8.38. The molecular weight excluding hydrogens is 338 g/mol. The molecule has 0 spiro atoms. The molecule has 0 aliphatic heterocycles. The summed E-state index contributed by atoms with van der Waals surface area (Å²) in [5, 5.41) is 15.5. The molecule has 25 heavy (non-hydrogen) atoms. The summed E-state index contributed by atoms with van der Waals surface area (Å²) in [6.07, 6.45) is 5.78. The number of fused-ring (bicyclic) bond motifs is 1. The van der Waals surface area contributed by atoms with Crippen molar-refractivity contribution in [2.24, 2.45) is 5.10 Å². The van der Waals surface area contributed by atoms with Gasteiger partial charge in [0.1, 0.15) is 0 Å². The van der Waals surface area contributed by atoms with Crippen LogP contribution in [0, 0.1) is 0 Å². The molecule has 1 amide bonds. The van der Waals surface area contributed by atoms with Gasteiger partial charge in [-0.2, -0.15) is 10.1 Å². The van der Waals surface area contributed by atoms with Gasteiger partial charge >= 0.3 is 0 Å². The van der Waals surface area contributed by atoms with Crippen LogP contribution in [0.1, 0.15) is 18.4 Å². The van der Waals surface area contributed by atoms with Crippen LogP contribution in [-0.4, -0.2) is 44.1 Å². The number of benzene rings is 1. The van der Waals surface area contributed by atoms with Crippen LogP contribution in [0.3, 0.4) is 0 Å². The summed E-state index contributed by atoms with van der Waals surface area (Å²) in [7, 11) is 0. The Morgan fingerprint density at radius 2 is 2.28 bits per heavy atom. The van der Waals surface area contributed by atoms with Gasteiger partial charge in [-0.05, 0) is 18.9 Å². The van der Waals surface area contributed by atoms with Crippen molar-refractivity contribution in [3.05, 3.63) is 36.0 Å². The third-order valence-electron chi connectivity index (χ3n) is 3.74. The van der Waals surface area contributed by atoms with E-state index in [0.29, 0.717) is 22.9 Å². The molecule has 1 fully saturated rings. The van der Waals surface area contributed by atoms with Crippen molar-refractivity contribution < 1.29 is 4.79 Å². The van der Waals surface area contributed by atoms with Gasteiger partial charge in [-0.25, -0.2) is 10.5 Å². The van der Waals surface area contributed by atoms with E-state index in [1.54, 1.807) is 6.21 Å². The third-order valence-corrected chi connectivity index (χ3v) is 4.58. The van der Waals surface area contributed by atoms with E-state index in [1.807, 2.05) is 30.5 Å². The van der Waals surface area contributed by atoms with Crippen molar-refractivity contribution in [2.75, 3.05) is 11.2 Å². The van der Waals surface area contributed by atoms with Crippen LogP contribution in [0.25, 0.3) is 10.9 Å². The largest absolute Gasteiger partial charge is 0.361 e. The lowest BCUT2D eigenvalue weighted by atomic mass is 10.2. The van der Waals surface area contributed by atoms with E-state index in [9.17, 15) is 4.79 Å². The zero-order valence-electron chi connectivity index (χ0n) is 13.3. The minimum Gasteiger partial charge on any atom is -0.361 e. The van der Waals surface area contributed by atoms with Gasteiger partial charge in [0, 0.05) is 28.7 Å². The molecule has 0 radical (unpaired) electrons. The zero-order chi connectivity index (χ0) is 17.1. The minimum absolute atomic E-state index is 0.0177. The standard InChI is InChI=1S/C16H17N7OS/c24-14(19-11-5-6-11)9-25-16-20-15(22-23-16)21-18-8-10-7-17-13-4-2-1-3-12(10)13/h1-4,7-8,11,17H,5-6,9H2,(H,19,24)(H2,20,21,22,23)/b18-8+. The highest BCUT2D eigenvalue weighted by molar-refractivity contribution is 7.99. The average Bonchev–Trinajstić information content (AvgIpc) is 3.17. The van der Waals surface area contributed by atoms with Gasteiger partial charge in [0.15, 0.2) is 0 Å². The maximum atomic E-state index is 11.6.